The van der Waals surface area contributed by atoms with Crippen molar-refractivity contribution < 1.29 is 24.9 Å². The number of piperidine rings is 1. The number of likely N-dealkylation sites (tertiary alicyclic amines) is 1. The number of aromatic hydroxyl groups is 1. The number of carbonyl (C=O) groups is 2. The average molecular weight is 408 g/mol. The fraction of sp³-hybridized carbons (Fsp3) is 0.652. The zero-order valence-corrected chi connectivity index (χ0v) is 18.9. The van der Waals surface area contributed by atoms with Crippen LogP contribution in [0.4, 0.5) is 0 Å². The highest BCUT2D eigenvalue weighted by Crippen LogP contribution is 2.40. The van der Waals surface area contributed by atoms with Gasteiger partial charge < -0.3 is 15.3 Å². The summed E-state index contributed by atoms with van der Waals surface area (Å²) in [6.07, 6.45) is 2.60. The van der Waals surface area contributed by atoms with Crippen LogP contribution in [0.1, 0.15) is 78.0 Å². The maximum Gasteiger partial charge on any atom is 0.414 e. The van der Waals surface area contributed by atoms with Crippen molar-refractivity contribution >= 4 is 11.9 Å². The lowest BCUT2D eigenvalue weighted by atomic mass is 9.78. The van der Waals surface area contributed by atoms with Crippen molar-refractivity contribution in [3.63, 3.8) is 0 Å². The van der Waals surface area contributed by atoms with Crippen LogP contribution in [0.25, 0.3) is 0 Å². The molecule has 2 rings (SSSR count). The van der Waals surface area contributed by atoms with E-state index < -0.39 is 11.9 Å². The Morgan fingerprint density at radius 1 is 0.931 bits per heavy atom. The SMILES string of the molecule is CC1CCN(Cc2cc(C(C)(C)C)c(O)c(C(C)(C)C)c2)CC1.O=C(O)C(=O)O. The monoisotopic (exact) mass is 407 g/mol. The number of benzene rings is 1. The zero-order valence-electron chi connectivity index (χ0n) is 18.9. The van der Waals surface area contributed by atoms with Crippen molar-refractivity contribution in [1.29, 1.82) is 0 Å². The molecule has 0 atom stereocenters. The van der Waals surface area contributed by atoms with E-state index in [0.29, 0.717) is 5.75 Å². The summed E-state index contributed by atoms with van der Waals surface area (Å²) in [6, 6.07) is 4.45. The van der Waals surface area contributed by atoms with Gasteiger partial charge in [-0.3, -0.25) is 4.90 Å². The third-order valence-corrected chi connectivity index (χ3v) is 5.25. The van der Waals surface area contributed by atoms with Crippen LogP contribution in [-0.4, -0.2) is 45.2 Å². The van der Waals surface area contributed by atoms with Crippen LogP contribution in [-0.2, 0) is 27.0 Å². The fourth-order valence-corrected chi connectivity index (χ4v) is 3.41. The summed E-state index contributed by atoms with van der Waals surface area (Å²) < 4.78 is 0. The normalized spacial score (nSPS) is 16.1. The number of aliphatic carboxylic acids is 2. The minimum Gasteiger partial charge on any atom is -0.507 e. The highest BCUT2D eigenvalue weighted by Gasteiger charge is 2.27. The minimum absolute atomic E-state index is 0.0451. The van der Waals surface area contributed by atoms with E-state index in [1.807, 2.05) is 0 Å². The first-order valence-corrected chi connectivity index (χ1v) is 10.2. The van der Waals surface area contributed by atoms with E-state index in [-0.39, 0.29) is 10.8 Å². The van der Waals surface area contributed by atoms with E-state index in [9.17, 15) is 5.11 Å². The molecule has 0 aromatic heterocycles. The van der Waals surface area contributed by atoms with Gasteiger partial charge in [0.25, 0.3) is 0 Å². The van der Waals surface area contributed by atoms with Gasteiger partial charge in [0, 0.05) is 6.54 Å². The predicted molar refractivity (Wildman–Crippen MR) is 114 cm³/mol. The van der Waals surface area contributed by atoms with E-state index in [2.05, 4.69) is 65.5 Å². The summed E-state index contributed by atoms with van der Waals surface area (Å²) in [5, 5.41) is 25.6. The van der Waals surface area contributed by atoms with Crippen molar-refractivity contribution in [2.24, 2.45) is 5.92 Å². The Balaban J connectivity index is 0.000000612. The molecule has 6 nitrogen and oxygen atoms in total. The second kappa shape index (κ2) is 9.61. The first-order valence-electron chi connectivity index (χ1n) is 10.2. The Morgan fingerprint density at radius 2 is 1.31 bits per heavy atom. The molecule has 0 saturated carbocycles. The number of carboxylic acid groups (broad SMARTS) is 2. The molecule has 6 heteroatoms. The molecule has 164 valence electrons. The largest absolute Gasteiger partial charge is 0.507 e. The Bertz CT molecular complexity index is 673. The smallest absolute Gasteiger partial charge is 0.414 e. The van der Waals surface area contributed by atoms with Gasteiger partial charge in [-0.15, -0.1) is 0 Å². The molecule has 3 N–H and O–H groups in total. The zero-order chi connectivity index (χ0) is 22.6. The summed E-state index contributed by atoms with van der Waals surface area (Å²) >= 11 is 0. The Hall–Kier alpha value is -2.08. The summed E-state index contributed by atoms with van der Waals surface area (Å²) in [5.74, 6) is -2.30. The molecule has 1 aliphatic rings. The van der Waals surface area contributed by atoms with Crippen molar-refractivity contribution in [2.45, 2.75) is 78.7 Å². The third kappa shape index (κ3) is 7.69. The van der Waals surface area contributed by atoms with Gasteiger partial charge in [0.15, 0.2) is 0 Å². The lowest BCUT2D eigenvalue weighted by molar-refractivity contribution is -0.159. The van der Waals surface area contributed by atoms with Gasteiger partial charge in [0.05, 0.1) is 0 Å². The molecule has 0 radical (unpaired) electrons. The molecule has 1 aromatic rings. The topological polar surface area (TPSA) is 98.1 Å². The highest BCUT2D eigenvalue weighted by molar-refractivity contribution is 6.27. The van der Waals surface area contributed by atoms with Crippen molar-refractivity contribution in [3.05, 3.63) is 28.8 Å². The van der Waals surface area contributed by atoms with Gasteiger partial charge in [-0.25, -0.2) is 9.59 Å². The van der Waals surface area contributed by atoms with Crippen molar-refractivity contribution in [1.82, 2.24) is 4.90 Å². The first-order chi connectivity index (χ1) is 13.1. The average Bonchev–Trinajstić information content (AvgIpc) is 2.56. The summed E-state index contributed by atoms with van der Waals surface area (Å²) in [6.45, 7) is 18.8. The summed E-state index contributed by atoms with van der Waals surface area (Å²) in [4.78, 5) is 20.8. The number of hydrogen-bond donors (Lipinski definition) is 3. The molecule has 0 amide bonds. The van der Waals surface area contributed by atoms with Crippen LogP contribution in [0.15, 0.2) is 12.1 Å². The number of hydrogen-bond acceptors (Lipinski definition) is 4. The molecule has 0 bridgehead atoms. The Kier molecular flexibility index (Phi) is 8.27. The van der Waals surface area contributed by atoms with Crippen LogP contribution in [0.3, 0.4) is 0 Å². The number of phenols is 1. The second-order valence-electron chi connectivity index (χ2n) is 10.1. The number of carboxylic acids is 2. The fourth-order valence-electron chi connectivity index (χ4n) is 3.41. The molecule has 29 heavy (non-hydrogen) atoms. The molecule has 1 aromatic carbocycles. The van der Waals surface area contributed by atoms with E-state index in [1.54, 1.807) is 0 Å². The Labute approximate surface area is 174 Å². The Morgan fingerprint density at radius 3 is 1.62 bits per heavy atom. The minimum atomic E-state index is -1.82. The molecule has 1 fully saturated rings. The lowest BCUT2D eigenvalue weighted by Crippen LogP contribution is -2.32. The van der Waals surface area contributed by atoms with E-state index in [4.69, 9.17) is 19.8 Å². The maximum absolute atomic E-state index is 10.8. The van der Waals surface area contributed by atoms with Gasteiger partial charge in [-0.2, -0.15) is 0 Å². The number of nitrogens with zero attached hydrogens (tertiary/aromatic N) is 1. The maximum atomic E-state index is 10.8. The predicted octanol–water partition coefficient (Wildman–Crippen LogP) is 4.37. The van der Waals surface area contributed by atoms with Crippen molar-refractivity contribution in [3.8, 4) is 5.75 Å². The lowest BCUT2D eigenvalue weighted by Gasteiger charge is -2.32. The molecular formula is C23H37NO5. The molecule has 1 saturated heterocycles. The van der Waals surface area contributed by atoms with E-state index in [1.165, 1.54) is 31.5 Å². The van der Waals surface area contributed by atoms with Crippen LogP contribution in [0.2, 0.25) is 0 Å². The highest BCUT2D eigenvalue weighted by atomic mass is 16.4. The van der Waals surface area contributed by atoms with E-state index >= 15 is 0 Å². The quantitative estimate of drug-likeness (QED) is 0.630. The first kappa shape index (κ1) is 25.0. The second-order valence-corrected chi connectivity index (χ2v) is 10.1. The summed E-state index contributed by atoms with van der Waals surface area (Å²) in [5.41, 5.74) is 3.40. The molecule has 0 unspecified atom stereocenters. The van der Waals surface area contributed by atoms with Gasteiger partial charge in [0.1, 0.15) is 5.75 Å². The van der Waals surface area contributed by atoms with Crippen LogP contribution in [0, 0.1) is 5.92 Å². The molecule has 1 heterocycles. The number of phenolic OH excluding ortho intramolecular Hbond substituents is 1. The van der Waals surface area contributed by atoms with Gasteiger partial charge in [-0.1, -0.05) is 60.6 Å². The van der Waals surface area contributed by atoms with Gasteiger partial charge in [-0.05, 0) is 59.4 Å². The summed E-state index contributed by atoms with van der Waals surface area (Å²) in [7, 11) is 0. The third-order valence-electron chi connectivity index (χ3n) is 5.25. The molecule has 0 spiro atoms. The van der Waals surface area contributed by atoms with Gasteiger partial charge in [0.2, 0.25) is 0 Å². The standard InChI is InChI=1S/C21H35NO.C2H2O4/c1-15-8-10-22(11-9-15)14-16-12-17(20(2,3)4)19(23)18(13-16)21(5,6)7;3-1(4)2(5)6/h12-13,15,23H,8-11,14H2,1-7H3;(H,3,4)(H,5,6). The number of rotatable bonds is 2. The van der Waals surface area contributed by atoms with Crippen LogP contribution >= 0.6 is 0 Å². The molecular weight excluding hydrogens is 370 g/mol. The van der Waals surface area contributed by atoms with Crippen LogP contribution < -0.4 is 0 Å². The molecule has 1 aliphatic heterocycles. The van der Waals surface area contributed by atoms with E-state index in [0.717, 1.165) is 23.6 Å². The van der Waals surface area contributed by atoms with Crippen molar-refractivity contribution in [2.75, 3.05) is 13.1 Å². The van der Waals surface area contributed by atoms with Gasteiger partial charge >= 0.3 is 11.9 Å². The molecule has 0 aliphatic carbocycles. The van der Waals surface area contributed by atoms with Crippen LogP contribution in [0.5, 0.6) is 5.75 Å².